The van der Waals surface area contributed by atoms with Gasteiger partial charge in [-0.2, -0.15) is 0 Å². The van der Waals surface area contributed by atoms with Gasteiger partial charge in [0.05, 0.1) is 5.52 Å². The smallest absolute Gasteiger partial charge is 0.161 e. The molecule has 0 amide bonds. The fourth-order valence-corrected chi connectivity index (χ4v) is 2.19. The zero-order valence-electron chi connectivity index (χ0n) is 9.44. The largest absolute Gasteiger partial charge is 0.279 e. The zero-order valence-corrected chi connectivity index (χ0v) is 9.44. The molecule has 0 atom stereocenters. The number of hydrogen-bond acceptors (Lipinski definition) is 2. The molecule has 0 fully saturated rings. The van der Waals surface area contributed by atoms with Crippen molar-refractivity contribution in [1.82, 2.24) is 14.6 Å². The Morgan fingerprint density at radius 3 is 2.81 bits per heavy atom. The van der Waals surface area contributed by atoms with Crippen molar-refractivity contribution in [3.63, 3.8) is 0 Å². The number of pyridine rings is 1. The second-order valence-corrected chi connectivity index (χ2v) is 4.01. The summed E-state index contributed by atoms with van der Waals surface area (Å²) in [5.41, 5.74) is 3.38. The third kappa shape index (κ3) is 1.14. The van der Waals surface area contributed by atoms with Gasteiger partial charge in [-0.15, -0.1) is 10.2 Å². The predicted octanol–water partition coefficient (Wildman–Crippen LogP) is 2.75. The van der Waals surface area contributed by atoms with Crippen molar-refractivity contribution in [2.24, 2.45) is 0 Å². The van der Waals surface area contributed by atoms with Gasteiger partial charge in [-0.05, 0) is 24.6 Å². The fourth-order valence-electron chi connectivity index (χ4n) is 2.19. The maximum absolute atomic E-state index is 4.22. The molecule has 0 bridgehead atoms. The van der Waals surface area contributed by atoms with Crippen molar-refractivity contribution in [1.29, 1.82) is 0 Å². The van der Waals surface area contributed by atoms with E-state index in [1.165, 1.54) is 16.5 Å². The second kappa shape index (κ2) is 3.30. The van der Waals surface area contributed by atoms with Crippen molar-refractivity contribution < 1.29 is 0 Å². The minimum atomic E-state index is 0.897. The molecule has 16 heavy (non-hydrogen) atoms. The molecule has 0 aliphatic carbocycles. The summed E-state index contributed by atoms with van der Waals surface area (Å²) in [7, 11) is 0. The molecule has 0 N–H and O–H groups in total. The van der Waals surface area contributed by atoms with Crippen LogP contribution in [-0.2, 0) is 6.42 Å². The van der Waals surface area contributed by atoms with Crippen molar-refractivity contribution in [2.75, 3.05) is 0 Å². The summed E-state index contributed by atoms with van der Waals surface area (Å²) < 4.78 is 2.14. The highest BCUT2D eigenvalue weighted by Crippen LogP contribution is 2.21. The molecule has 0 radical (unpaired) electrons. The van der Waals surface area contributed by atoms with Gasteiger partial charge in [-0.3, -0.25) is 4.40 Å². The molecule has 2 heterocycles. The number of aryl methyl sites for hydroxylation is 2. The van der Waals surface area contributed by atoms with Gasteiger partial charge < -0.3 is 0 Å². The van der Waals surface area contributed by atoms with Gasteiger partial charge in [0.15, 0.2) is 5.65 Å². The highest BCUT2D eigenvalue weighted by molar-refractivity contribution is 5.85. The summed E-state index contributed by atoms with van der Waals surface area (Å²) in [5.74, 6) is 1.02. The van der Waals surface area contributed by atoms with Crippen LogP contribution in [0, 0.1) is 6.92 Å². The van der Waals surface area contributed by atoms with Crippen LogP contribution in [0.5, 0.6) is 0 Å². The molecule has 1 aromatic carbocycles. The lowest BCUT2D eigenvalue weighted by molar-refractivity contribution is 0.922. The van der Waals surface area contributed by atoms with Crippen LogP contribution in [0.25, 0.3) is 16.6 Å². The first-order valence-electron chi connectivity index (χ1n) is 5.53. The highest BCUT2D eigenvalue weighted by atomic mass is 15.2. The molecule has 0 aliphatic rings. The molecule has 3 nitrogen and oxygen atoms in total. The normalized spacial score (nSPS) is 11.4. The predicted molar refractivity (Wildman–Crippen MR) is 64.6 cm³/mol. The summed E-state index contributed by atoms with van der Waals surface area (Å²) in [4.78, 5) is 0. The number of para-hydroxylation sites is 1. The molecular formula is C13H13N3. The molecule has 0 saturated heterocycles. The molecule has 2 aromatic heterocycles. The summed E-state index contributed by atoms with van der Waals surface area (Å²) in [6.45, 7) is 4.22. The monoisotopic (exact) mass is 211 g/mol. The van der Waals surface area contributed by atoms with E-state index in [0.717, 1.165) is 17.9 Å². The van der Waals surface area contributed by atoms with Crippen molar-refractivity contribution >= 4 is 16.6 Å². The summed E-state index contributed by atoms with van der Waals surface area (Å²) >= 11 is 0. The van der Waals surface area contributed by atoms with E-state index in [-0.39, 0.29) is 0 Å². The topological polar surface area (TPSA) is 30.2 Å². The van der Waals surface area contributed by atoms with E-state index in [1.807, 2.05) is 0 Å². The highest BCUT2D eigenvalue weighted by Gasteiger charge is 2.08. The number of nitrogens with zero attached hydrogens (tertiary/aromatic N) is 3. The summed E-state index contributed by atoms with van der Waals surface area (Å²) in [6.07, 6.45) is 0.897. The van der Waals surface area contributed by atoms with E-state index in [0.29, 0.717) is 0 Å². The lowest BCUT2D eigenvalue weighted by Crippen LogP contribution is -1.95. The number of fused-ring (bicyclic) bond motifs is 3. The maximum atomic E-state index is 4.22. The molecule has 0 saturated carbocycles. The maximum Gasteiger partial charge on any atom is 0.161 e. The Morgan fingerprint density at radius 1 is 1.19 bits per heavy atom. The molecule has 3 aromatic rings. The lowest BCUT2D eigenvalue weighted by atomic mass is 10.1. The van der Waals surface area contributed by atoms with Crippen LogP contribution in [0.2, 0.25) is 0 Å². The third-order valence-electron chi connectivity index (χ3n) is 2.99. The van der Waals surface area contributed by atoms with Gasteiger partial charge >= 0.3 is 0 Å². The van der Waals surface area contributed by atoms with Crippen LogP contribution in [0.4, 0.5) is 0 Å². The Kier molecular flexibility index (Phi) is 1.93. The van der Waals surface area contributed by atoms with E-state index < -0.39 is 0 Å². The molecule has 3 heteroatoms. The molecule has 3 rings (SSSR count). The quantitative estimate of drug-likeness (QED) is 0.619. The van der Waals surface area contributed by atoms with Crippen LogP contribution in [-0.4, -0.2) is 14.6 Å². The first-order valence-corrected chi connectivity index (χ1v) is 5.53. The lowest BCUT2D eigenvalue weighted by Gasteiger charge is -2.06. The molecule has 0 spiro atoms. The average molecular weight is 211 g/mol. The van der Waals surface area contributed by atoms with Gasteiger partial charge in [0.25, 0.3) is 0 Å². The van der Waals surface area contributed by atoms with Gasteiger partial charge in [0.2, 0.25) is 0 Å². The number of hydrogen-bond donors (Lipinski definition) is 0. The summed E-state index contributed by atoms with van der Waals surface area (Å²) in [5, 5.41) is 9.70. The van der Waals surface area contributed by atoms with Crippen LogP contribution in [0.1, 0.15) is 18.3 Å². The van der Waals surface area contributed by atoms with E-state index >= 15 is 0 Å². The Bertz CT molecular complexity index is 667. The van der Waals surface area contributed by atoms with E-state index in [1.54, 1.807) is 0 Å². The molecular weight excluding hydrogens is 198 g/mol. The van der Waals surface area contributed by atoms with E-state index in [2.05, 4.69) is 58.8 Å². The van der Waals surface area contributed by atoms with Crippen molar-refractivity contribution in [3.05, 3.63) is 41.7 Å². The van der Waals surface area contributed by atoms with Crippen LogP contribution < -0.4 is 0 Å². The SMILES string of the molecule is CCc1nnc2cc(C)c3ccccc3n12. The summed E-state index contributed by atoms with van der Waals surface area (Å²) in [6, 6.07) is 10.5. The first-order chi connectivity index (χ1) is 7.81. The van der Waals surface area contributed by atoms with E-state index in [4.69, 9.17) is 0 Å². The standard InChI is InChI=1S/C13H13N3/c1-3-12-14-15-13-8-9(2)10-6-4-5-7-11(10)16(12)13/h4-8H,3H2,1-2H3. The van der Waals surface area contributed by atoms with Crippen molar-refractivity contribution in [3.8, 4) is 0 Å². The number of benzene rings is 1. The van der Waals surface area contributed by atoms with Crippen LogP contribution >= 0.6 is 0 Å². The number of aromatic nitrogens is 3. The van der Waals surface area contributed by atoms with E-state index in [9.17, 15) is 0 Å². The van der Waals surface area contributed by atoms with Crippen LogP contribution in [0.3, 0.4) is 0 Å². The van der Waals surface area contributed by atoms with Gasteiger partial charge in [0.1, 0.15) is 5.82 Å². The number of rotatable bonds is 1. The van der Waals surface area contributed by atoms with Crippen molar-refractivity contribution in [2.45, 2.75) is 20.3 Å². The molecule has 80 valence electrons. The first kappa shape index (κ1) is 9.33. The van der Waals surface area contributed by atoms with Gasteiger partial charge in [-0.25, -0.2) is 0 Å². The Hall–Kier alpha value is -1.90. The minimum absolute atomic E-state index is 0.897. The van der Waals surface area contributed by atoms with Gasteiger partial charge in [0, 0.05) is 11.8 Å². The van der Waals surface area contributed by atoms with Crippen LogP contribution in [0.15, 0.2) is 30.3 Å². The fraction of sp³-hybridized carbons (Fsp3) is 0.231. The Labute approximate surface area is 93.7 Å². The molecule has 0 aliphatic heterocycles. The average Bonchev–Trinajstić information content (AvgIpc) is 2.72. The van der Waals surface area contributed by atoms with Gasteiger partial charge in [-0.1, -0.05) is 25.1 Å². The Morgan fingerprint density at radius 2 is 2.00 bits per heavy atom. The Balaban J connectivity index is 2.59. The second-order valence-electron chi connectivity index (χ2n) is 4.01. The molecule has 0 unspecified atom stereocenters. The zero-order chi connectivity index (χ0) is 11.1. The third-order valence-corrected chi connectivity index (χ3v) is 2.99. The minimum Gasteiger partial charge on any atom is -0.279 e.